The van der Waals surface area contributed by atoms with Gasteiger partial charge in [-0.3, -0.25) is 4.79 Å². The number of benzene rings is 1. The Morgan fingerprint density at radius 1 is 1.38 bits per heavy atom. The zero-order valence-corrected chi connectivity index (χ0v) is 14.5. The lowest BCUT2D eigenvalue weighted by atomic mass is 10.0. The zero-order valence-electron chi connectivity index (χ0n) is 12.1. The summed E-state index contributed by atoms with van der Waals surface area (Å²) < 4.78 is 2.08. The Labute approximate surface area is 137 Å². The molecular weight excluding hydrogens is 348 g/mol. The summed E-state index contributed by atoms with van der Waals surface area (Å²) in [6, 6.07) is 5.97. The molecule has 3 rings (SSSR count). The third-order valence-corrected chi connectivity index (χ3v) is 5.84. The van der Waals surface area contributed by atoms with E-state index >= 15 is 0 Å². The van der Waals surface area contributed by atoms with Gasteiger partial charge in [0.1, 0.15) is 4.88 Å². The van der Waals surface area contributed by atoms with Crippen LogP contribution in [-0.4, -0.2) is 23.9 Å². The molecule has 1 aromatic carbocycles. The van der Waals surface area contributed by atoms with Crippen molar-refractivity contribution in [2.24, 2.45) is 5.92 Å². The first-order valence-corrected chi connectivity index (χ1v) is 8.94. The fourth-order valence-electron chi connectivity index (χ4n) is 2.86. The number of amides is 1. The molecule has 0 spiro atoms. The van der Waals surface area contributed by atoms with Crippen molar-refractivity contribution < 1.29 is 4.79 Å². The highest BCUT2D eigenvalue weighted by Gasteiger charge is 2.24. The number of nitrogen functional groups attached to an aromatic ring is 1. The zero-order chi connectivity index (χ0) is 15.0. The molecule has 1 unspecified atom stereocenters. The second kappa shape index (κ2) is 5.97. The maximum absolute atomic E-state index is 12.8. The monoisotopic (exact) mass is 366 g/mol. The van der Waals surface area contributed by atoms with E-state index in [9.17, 15) is 4.79 Å². The predicted molar refractivity (Wildman–Crippen MR) is 92.9 cm³/mol. The van der Waals surface area contributed by atoms with Crippen molar-refractivity contribution in [3.63, 3.8) is 0 Å². The highest BCUT2D eigenvalue weighted by atomic mass is 79.9. The average Bonchev–Trinajstić information content (AvgIpc) is 2.63. The van der Waals surface area contributed by atoms with Crippen molar-refractivity contribution in [2.75, 3.05) is 18.8 Å². The van der Waals surface area contributed by atoms with Crippen LogP contribution < -0.4 is 5.73 Å². The largest absolute Gasteiger partial charge is 0.397 e. The summed E-state index contributed by atoms with van der Waals surface area (Å²) in [6.07, 6.45) is 3.38. The molecule has 112 valence electrons. The van der Waals surface area contributed by atoms with Crippen LogP contribution in [0.25, 0.3) is 10.1 Å². The maximum Gasteiger partial charge on any atom is 0.266 e. The van der Waals surface area contributed by atoms with Crippen molar-refractivity contribution in [1.29, 1.82) is 0 Å². The third kappa shape index (κ3) is 2.94. The number of anilines is 1. The SMILES string of the molecule is CC1CCCN(C(=O)c2sc3cc(Br)ccc3c2N)CC1. The molecule has 2 heterocycles. The maximum atomic E-state index is 12.8. The third-order valence-electron chi connectivity index (χ3n) is 4.19. The molecule has 0 aliphatic carbocycles. The summed E-state index contributed by atoms with van der Waals surface area (Å²) in [5.74, 6) is 0.803. The van der Waals surface area contributed by atoms with Crippen LogP contribution in [0.3, 0.4) is 0 Å². The van der Waals surface area contributed by atoms with Gasteiger partial charge in [-0.25, -0.2) is 0 Å². The van der Waals surface area contributed by atoms with E-state index in [1.54, 1.807) is 0 Å². The van der Waals surface area contributed by atoms with E-state index in [0.29, 0.717) is 16.5 Å². The Bertz CT molecular complexity index is 682. The van der Waals surface area contributed by atoms with Gasteiger partial charge in [-0.2, -0.15) is 0 Å². The van der Waals surface area contributed by atoms with Gasteiger partial charge >= 0.3 is 0 Å². The lowest BCUT2D eigenvalue weighted by Crippen LogP contribution is -2.31. The molecule has 1 saturated heterocycles. The van der Waals surface area contributed by atoms with Gasteiger partial charge in [-0.05, 0) is 37.3 Å². The van der Waals surface area contributed by atoms with Crippen LogP contribution in [0.15, 0.2) is 22.7 Å². The Morgan fingerprint density at radius 3 is 3.00 bits per heavy atom. The van der Waals surface area contributed by atoms with Gasteiger partial charge in [0.05, 0.1) is 5.69 Å². The van der Waals surface area contributed by atoms with Crippen molar-refractivity contribution in [2.45, 2.75) is 26.2 Å². The lowest BCUT2D eigenvalue weighted by molar-refractivity contribution is 0.0766. The molecule has 1 fully saturated rings. The van der Waals surface area contributed by atoms with Crippen molar-refractivity contribution in [1.82, 2.24) is 4.90 Å². The highest BCUT2D eigenvalue weighted by molar-refractivity contribution is 9.10. The quantitative estimate of drug-likeness (QED) is 0.806. The van der Waals surface area contributed by atoms with Crippen molar-refractivity contribution >= 4 is 48.9 Å². The van der Waals surface area contributed by atoms with Crippen LogP contribution >= 0.6 is 27.3 Å². The lowest BCUT2D eigenvalue weighted by Gasteiger charge is -2.19. The van der Waals surface area contributed by atoms with E-state index in [1.807, 2.05) is 23.1 Å². The smallest absolute Gasteiger partial charge is 0.266 e. The Balaban J connectivity index is 1.92. The van der Waals surface area contributed by atoms with E-state index in [-0.39, 0.29) is 5.91 Å². The molecular formula is C16H19BrN2OS. The molecule has 1 aliphatic rings. The molecule has 0 bridgehead atoms. The number of hydrogen-bond donors (Lipinski definition) is 1. The highest BCUT2D eigenvalue weighted by Crippen LogP contribution is 2.36. The number of thiophene rings is 1. The van der Waals surface area contributed by atoms with Crippen LogP contribution in [0.5, 0.6) is 0 Å². The molecule has 21 heavy (non-hydrogen) atoms. The number of rotatable bonds is 1. The van der Waals surface area contributed by atoms with Crippen LogP contribution in [0.4, 0.5) is 5.69 Å². The van der Waals surface area contributed by atoms with Gasteiger partial charge in [0.25, 0.3) is 5.91 Å². The number of carbonyl (C=O) groups excluding carboxylic acids is 1. The number of halogens is 1. The van der Waals surface area contributed by atoms with Crippen LogP contribution in [0.1, 0.15) is 35.9 Å². The summed E-state index contributed by atoms with van der Waals surface area (Å²) in [5.41, 5.74) is 6.84. The topological polar surface area (TPSA) is 46.3 Å². The first kappa shape index (κ1) is 14.9. The molecule has 5 heteroatoms. The average molecular weight is 367 g/mol. The number of fused-ring (bicyclic) bond motifs is 1. The molecule has 1 atom stereocenters. The molecule has 1 aliphatic heterocycles. The summed E-state index contributed by atoms with van der Waals surface area (Å²) in [4.78, 5) is 15.4. The Morgan fingerprint density at radius 2 is 2.19 bits per heavy atom. The van der Waals surface area contributed by atoms with Gasteiger partial charge < -0.3 is 10.6 Å². The van der Waals surface area contributed by atoms with E-state index < -0.39 is 0 Å². The van der Waals surface area contributed by atoms with E-state index in [1.165, 1.54) is 17.8 Å². The van der Waals surface area contributed by atoms with Gasteiger partial charge in [-0.1, -0.05) is 28.9 Å². The van der Waals surface area contributed by atoms with Crippen LogP contribution in [0.2, 0.25) is 0 Å². The molecule has 2 N–H and O–H groups in total. The number of nitrogens with zero attached hydrogens (tertiary/aromatic N) is 1. The van der Waals surface area contributed by atoms with E-state index in [4.69, 9.17) is 5.73 Å². The number of hydrogen-bond acceptors (Lipinski definition) is 3. The first-order chi connectivity index (χ1) is 10.1. The first-order valence-electron chi connectivity index (χ1n) is 7.33. The number of likely N-dealkylation sites (tertiary alicyclic amines) is 1. The molecule has 2 aromatic rings. The van der Waals surface area contributed by atoms with Crippen molar-refractivity contribution in [3.8, 4) is 0 Å². The van der Waals surface area contributed by atoms with E-state index in [2.05, 4.69) is 22.9 Å². The Kier molecular flexibility index (Phi) is 4.22. The minimum absolute atomic E-state index is 0.0962. The second-order valence-electron chi connectivity index (χ2n) is 5.81. The summed E-state index contributed by atoms with van der Waals surface area (Å²) >= 11 is 4.97. The van der Waals surface area contributed by atoms with Crippen molar-refractivity contribution in [3.05, 3.63) is 27.5 Å². The summed E-state index contributed by atoms with van der Waals surface area (Å²) in [7, 11) is 0. The van der Waals surface area contributed by atoms with Gasteiger partial charge in [0.15, 0.2) is 0 Å². The fourth-order valence-corrected chi connectivity index (χ4v) is 4.50. The minimum Gasteiger partial charge on any atom is -0.397 e. The van der Waals surface area contributed by atoms with Crippen LogP contribution in [-0.2, 0) is 0 Å². The summed E-state index contributed by atoms with van der Waals surface area (Å²) in [6.45, 7) is 3.96. The Hall–Kier alpha value is -1.07. The molecule has 0 saturated carbocycles. The molecule has 1 aromatic heterocycles. The normalized spacial score (nSPS) is 19.7. The van der Waals surface area contributed by atoms with Gasteiger partial charge in [0.2, 0.25) is 0 Å². The van der Waals surface area contributed by atoms with Gasteiger partial charge in [-0.15, -0.1) is 11.3 Å². The molecule has 0 radical (unpaired) electrons. The number of carbonyl (C=O) groups is 1. The van der Waals surface area contributed by atoms with E-state index in [0.717, 1.165) is 40.5 Å². The second-order valence-corrected chi connectivity index (χ2v) is 7.78. The molecule has 1 amide bonds. The fraction of sp³-hybridized carbons (Fsp3) is 0.438. The summed E-state index contributed by atoms with van der Waals surface area (Å²) in [5, 5.41) is 0.981. The minimum atomic E-state index is 0.0962. The predicted octanol–water partition coefficient (Wildman–Crippen LogP) is 4.51. The van der Waals surface area contributed by atoms with Gasteiger partial charge in [0, 0.05) is 27.6 Å². The van der Waals surface area contributed by atoms with Crippen LogP contribution in [0, 0.1) is 5.92 Å². The number of nitrogens with two attached hydrogens (primary N) is 1. The molecule has 3 nitrogen and oxygen atoms in total. The standard InChI is InChI=1S/C16H19BrN2OS/c1-10-3-2-7-19(8-6-10)16(20)15-14(18)12-5-4-11(17)9-13(12)21-15/h4-5,9-10H,2-3,6-8,18H2,1H3.